The van der Waals surface area contributed by atoms with Crippen LogP contribution in [0.1, 0.15) is 25.0 Å². The minimum atomic E-state index is -0.271. The van der Waals surface area contributed by atoms with Crippen LogP contribution in [0.4, 0.5) is 11.5 Å². The Morgan fingerprint density at radius 3 is 2.71 bits per heavy atom. The van der Waals surface area contributed by atoms with Crippen LogP contribution in [0.25, 0.3) is 11.3 Å². The Hall–Kier alpha value is -2.34. The highest BCUT2D eigenvalue weighted by atomic mass is 16.5. The van der Waals surface area contributed by atoms with Crippen LogP contribution in [0.5, 0.6) is 5.75 Å². The summed E-state index contributed by atoms with van der Waals surface area (Å²) in [5.41, 5.74) is 11.3. The predicted molar refractivity (Wildman–Crippen MR) is 93.4 cm³/mol. The van der Waals surface area contributed by atoms with E-state index < -0.39 is 0 Å². The van der Waals surface area contributed by atoms with Crippen molar-refractivity contribution in [2.24, 2.45) is 0 Å². The lowest BCUT2D eigenvalue weighted by Gasteiger charge is -2.42. The smallest absolute Gasteiger partial charge is 0.142 e. The van der Waals surface area contributed by atoms with E-state index in [1.165, 1.54) is 11.9 Å². The third-order valence-electron chi connectivity index (χ3n) is 5.07. The van der Waals surface area contributed by atoms with Crippen LogP contribution >= 0.6 is 0 Å². The van der Waals surface area contributed by atoms with E-state index in [0.29, 0.717) is 18.9 Å². The second-order valence-electron chi connectivity index (χ2n) is 7.24. The second kappa shape index (κ2) is 5.08. The van der Waals surface area contributed by atoms with Crippen LogP contribution in [0.2, 0.25) is 0 Å². The van der Waals surface area contributed by atoms with Crippen LogP contribution in [-0.2, 0) is 11.8 Å². The van der Waals surface area contributed by atoms with Crippen molar-refractivity contribution >= 4 is 11.5 Å². The first-order valence-corrected chi connectivity index (χ1v) is 8.16. The first kappa shape index (κ1) is 15.2. The first-order chi connectivity index (χ1) is 11.4. The van der Waals surface area contributed by atoms with Gasteiger partial charge in [0, 0.05) is 24.2 Å². The summed E-state index contributed by atoms with van der Waals surface area (Å²) in [6, 6.07) is 4.02. The van der Waals surface area contributed by atoms with Gasteiger partial charge in [-0.1, -0.05) is 13.8 Å². The molecule has 126 valence electrons. The van der Waals surface area contributed by atoms with Gasteiger partial charge >= 0.3 is 0 Å². The van der Waals surface area contributed by atoms with Crippen molar-refractivity contribution < 1.29 is 9.84 Å². The second-order valence-corrected chi connectivity index (χ2v) is 7.24. The average molecular weight is 326 g/mol. The molecule has 1 aromatic carbocycles. The summed E-state index contributed by atoms with van der Waals surface area (Å²) in [4.78, 5) is 10.9. The number of nitrogens with two attached hydrogens (primary N) is 1. The largest absolute Gasteiger partial charge is 0.495 e. The quantitative estimate of drug-likeness (QED) is 0.875. The number of methoxy groups -OCH3 is 1. The summed E-state index contributed by atoms with van der Waals surface area (Å²) in [7, 11) is 1.68. The van der Waals surface area contributed by atoms with Gasteiger partial charge in [-0.2, -0.15) is 0 Å². The van der Waals surface area contributed by atoms with E-state index >= 15 is 0 Å². The van der Waals surface area contributed by atoms with Crippen molar-refractivity contribution in [1.29, 1.82) is 0 Å². The highest BCUT2D eigenvalue weighted by Crippen LogP contribution is 2.49. The molecule has 1 saturated heterocycles. The van der Waals surface area contributed by atoms with E-state index in [-0.39, 0.29) is 11.5 Å². The van der Waals surface area contributed by atoms with Crippen molar-refractivity contribution in [2.45, 2.75) is 31.8 Å². The lowest BCUT2D eigenvalue weighted by Crippen LogP contribution is -2.51. The third-order valence-corrected chi connectivity index (χ3v) is 5.07. The fourth-order valence-corrected chi connectivity index (χ4v) is 3.97. The number of hydrogen-bond donors (Lipinski definition) is 2. The number of rotatable bonds is 2. The van der Waals surface area contributed by atoms with E-state index in [1.807, 2.05) is 12.1 Å². The van der Waals surface area contributed by atoms with Gasteiger partial charge in [0.1, 0.15) is 17.9 Å². The number of β-amino-alcohol motifs (C(OH)–C–C–N with tert-alkyl or cyclic N) is 1. The first-order valence-electron chi connectivity index (χ1n) is 8.16. The Balaban J connectivity index is 1.97. The lowest BCUT2D eigenvalue weighted by atomic mass is 9.71. The van der Waals surface area contributed by atoms with E-state index in [2.05, 4.69) is 28.7 Å². The molecule has 4 rings (SSSR count). The molecule has 6 heteroatoms. The molecular weight excluding hydrogens is 304 g/mol. The molecule has 3 N–H and O–H groups in total. The third kappa shape index (κ3) is 2.06. The fourth-order valence-electron chi connectivity index (χ4n) is 3.97. The van der Waals surface area contributed by atoms with Crippen LogP contribution in [0, 0.1) is 0 Å². The van der Waals surface area contributed by atoms with Gasteiger partial charge in [0.05, 0.1) is 24.6 Å². The molecule has 6 nitrogen and oxygen atoms in total. The lowest BCUT2D eigenvalue weighted by molar-refractivity contribution is 0.141. The minimum Gasteiger partial charge on any atom is -0.495 e. The Labute approximate surface area is 141 Å². The number of aliphatic hydroxyl groups is 1. The maximum Gasteiger partial charge on any atom is 0.142 e. The van der Waals surface area contributed by atoms with Crippen LogP contribution in [0.3, 0.4) is 0 Å². The summed E-state index contributed by atoms with van der Waals surface area (Å²) in [6.45, 7) is 5.60. The van der Waals surface area contributed by atoms with Crippen molar-refractivity contribution in [3.8, 4) is 17.0 Å². The topological polar surface area (TPSA) is 84.5 Å². The Kier molecular flexibility index (Phi) is 3.22. The number of ether oxygens (including phenoxy) is 1. The number of nitrogens with zero attached hydrogens (tertiary/aromatic N) is 3. The van der Waals surface area contributed by atoms with Crippen molar-refractivity contribution in [2.75, 3.05) is 30.8 Å². The summed E-state index contributed by atoms with van der Waals surface area (Å²) < 4.78 is 5.60. The van der Waals surface area contributed by atoms with Crippen molar-refractivity contribution in [3.05, 3.63) is 29.6 Å². The number of anilines is 2. The Bertz CT molecular complexity index is 813. The molecule has 2 heterocycles. The van der Waals surface area contributed by atoms with E-state index in [9.17, 15) is 5.11 Å². The zero-order valence-electron chi connectivity index (χ0n) is 14.2. The van der Waals surface area contributed by atoms with Gasteiger partial charge in [0.15, 0.2) is 0 Å². The van der Waals surface area contributed by atoms with Gasteiger partial charge in [0.25, 0.3) is 0 Å². The molecule has 2 aromatic rings. The summed E-state index contributed by atoms with van der Waals surface area (Å²) >= 11 is 0. The van der Waals surface area contributed by atoms with Gasteiger partial charge in [-0.25, -0.2) is 9.97 Å². The SMILES string of the molecule is COc1ccc2c(c1N1CC(O)C1)CC(C)(C)c1c(N)ncnc1-2. The summed E-state index contributed by atoms with van der Waals surface area (Å²) in [5, 5.41) is 9.72. The van der Waals surface area contributed by atoms with E-state index in [4.69, 9.17) is 10.5 Å². The molecule has 1 fully saturated rings. The van der Waals surface area contributed by atoms with Gasteiger partial charge in [-0.3, -0.25) is 0 Å². The molecule has 0 saturated carbocycles. The van der Waals surface area contributed by atoms with Gasteiger partial charge < -0.3 is 20.5 Å². The number of hydrogen-bond acceptors (Lipinski definition) is 6. The standard InChI is InChI=1S/C18H22N4O2/c1-18(2)6-12-11(15-14(18)17(19)21-9-20-15)4-5-13(24-3)16(12)22-7-10(23)8-22/h4-5,9-10,23H,6-8H2,1-3H3,(H2,19,20,21). The van der Waals surface area contributed by atoms with Gasteiger partial charge in [0.2, 0.25) is 0 Å². The highest BCUT2D eigenvalue weighted by molar-refractivity contribution is 5.83. The Morgan fingerprint density at radius 2 is 2.04 bits per heavy atom. The number of aromatic nitrogens is 2. The maximum absolute atomic E-state index is 9.72. The minimum absolute atomic E-state index is 0.168. The Morgan fingerprint density at radius 1 is 1.29 bits per heavy atom. The predicted octanol–water partition coefficient (Wildman–Crippen LogP) is 1.75. The molecule has 0 radical (unpaired) electrons. The molecule has 0 unspecified atom stereocenters. The van der Waals surface area contributed by atoms with Crippen LogP contribution in [-0.4, -0.2) is 41.4 Å². The average Bonchev–Trinajstić information content (AvgIpc) is 2.50. The highest BCUT2D eigenvalue weighted by Gasteiger charge is 2.39. The van der Waals surface area contributed by atoms with Crippen LogP contribution in [0.15, 0.2) is 18.5 Å². The molecule has 0 spiro atoms. The van der Waals surface area contributed by atoms with Crippen molar-refractivity contribution in [3.63, 3.8) is 0 Å². The zero-order chi connectivity index (χ0) is 17.1. The maximum atomic E-state index is 9.72. The van der Waals surface area contributed by atoms with Gasteiger partial charge in [-0.05, 0) is 29.5 Å². The molecule has 24 heavy (non-hydrogen) atoms. The molecule has 1 aliphatic carbocycles. The normalized spacial score (nSPS) is 18.6. The summed E-state index contributed by atoms with van der Waals surface area (Å²) in [6.07, 6.45) is 2.08. The summed E-state index contributed by atoms with van der Waals surface area (Å²) in [5.74, 6) is 1.38. The molecule has 1 aliphatic heterocycles. The fraction of sp³-hybridized carbons (Fsp3) is 0.444. The molecule has 0 atom stereocenters. The molecule has 2 aliphatic rings. The molecule has 1 aromatic heterocycles. The molecule has 0 amide bonds. The van der Waals surface area contributed by atoms with Crippen LogP contribution < -0.4 is 15.4 Å². The van der Waals surface area contributed by atoms with Crippen molar-refractivity contribution in [1.82, 2.24) is 9.97 Å². The molecular formula is C18H22N4O2. The zero-order valence-corrected chi connectivity index (χ0v) is 14.2. The van der Waals surface area contributed by atoms with Gasteiger partial charge in [-0.15, -0.1) is 0 Å². The number of fused-ring (bicyclic) bond motifs is 3. The van der Waals surface area contributed by atoms with E-state index in [0.717, 1.165) is 34.7 Å². The van der Waals surface area contributed by atoms with E-state index in [1.54, 1.807) is 7.11 Å². The monoisotopic (exact) mass is 326 g/mol. The number of nitrogen functional groups attached to an aromatic ring is 1. The molecule has 0 bridgehead atoms. The number of aliphatic hydroxyl groups excluding tert-OH is 1. The number of benzene rings is 1.